The largest absolute Gasteiger partial charge is 0.397 e. The second kappa shape index (κ2) is 5.66. The summed E-state index contributed by atoms with van der Waals surface area (Å²) in [5.74, 6) is -0.0393. The molecule has 0 atom stereocenters. The molecule has 0 aliphatic heterocycles. The molecule has 1 fully saturated rings. The molecule has 1 aliphatic rings. The predicted octanol–water partition coefficient (Wildman–Crippen LogP) is 3.76. The number of rotatable bonds is 4. The molecule has 0 bridgehead atoms. The molecule has 1 amide bonds. The minimum atomic E-state index is -0.0393. The van der Waals surface area contributed by atoms with E-state index in [-0.39, 0.29) is 11.9 Å². The van der Waals surface area contributed by atoms with Crippen LogP contribution < -0.4 is 5.73 Å². The number of amides is 1. The first-order valence-electron chi connectivity index (χ1n) is 6.77. The highest BCUT2D eigenvalue weighted by Crippen LogP contribution is 2.38. The topological polar surface area (TPSA) is 70.1 Å². The Bertz CT molecular complexity index is 745. The van der Waals surface area contributed by atoms with Gasteiger partial charge in [-0.2, -0.15) is 5.26 Å². The van der Waals surface area contributed by atoms with E-state index >= 15 is 0 Å². The standard InChI is InChI=1S/C15H14BrN3OS/c16-9-2-5-11-12(8-9)21-14(13(11)18)15(20)19(7-1-6-17)10-3-4-10/h2,5,8,10H,1,3-4,7,18H2. The second-order valence-corrected chi connectivity index (χ2v) is 7.09. The van der Waals surface area contributed by atoms with Crippen molar-refractivity contribution in [1.82, 2.24) is 4.90 Å². The van der Waals surface area contributed by atoms with E-state index in [2.05, 4.69) is 22.0 Å². The summed E-state index contributed by atoms with van der Waals surface area (Å²) < 4.78 is 1.97. The van der Waals surface area contributed by atoms with Crippen LogP contribution in [0.2, 0.25) is 0 Å². The van der Waals surface area contributed by atoms with Crippen LogP contribution in [0.4, 0.5) is 5.69 Å². The summed E-state index contributed by atoms with van der Waals surface area (Å²) in [7, 11) is 0. The van der Waals surface area contributed by atoms with Crippen LogP contribution in [0.1, 0.15) is 28.9 Å². The number of fused-ring (bicyclic) bond motifs is 1. The Kier molecular flexibility index (Phi) is 3.87. The van der Waals surface area contributed by atoms with Crippen LogP contribution in [-0.4, -0.2) is 23.4 Å². The van der Waals surface area contributed by atoms with E-state index in [0.29, 0.717) is 23.5 Å². The van der Waals surface area contributed by atoms with Crippen LogP contribution in [0.15, 0.2) is 22.7 Å². The third kappa shape index (κ3) is 2.76. The zero-order valence-corrected chi connectivity index (χ0v) is 13.7. The Hall–Kier alpha value is -1.58. The van der Waals surface area contributed by atoms with Gasteiger partial charge in [0.1, 0.15) is 4.88 Å². The molecule has 21 heavy (non-hydrogen) atoms. The molecule has 4 nitrogen and oxygen atoms in total. The van der Waals surface area contributed by atoms with Crippen LogP contribution in [0.3, 0.4) is 0 Å². The summed E-state index contributed by atoms with van der Waals surface area (Å²) in [5.41, 5.74) is 6.71. The van der Waals surface area contributed by atoms with E-state index in [9.17, 15) is 4.79 Å². The molecule has 2 aromatic rings. The Labute approximate surface area is 135 Å². The van der Waals surface area contributed by atoms with Crippen molar-refractivity contribution in [2.45, 2.75) is 25.3 Å². The predicted molar refractivity (Wildman–Crippen MR) is 88.2 cm³/mol. The van der Waals surface area contributed by atoms with Gasteiger partial charge in [-0.25, -0.2) is 0 Å². The lowest BCUT2D eigenvalue weighted by Crippen LogP contribution is -2.33. The van der Waals surface area contributed by atoms with Gasteiger partial charge < -0.3 is 10.6 Å². The minimum Gasteiger partial charge on any atom is -0.397 e. The van der Waals surface area contributed by atoms with Crippen molar-refractivity contribution in [3.8, 4) is 6.07 Å². The van der Waals surface area contributed by atoms with Crippen molar-refractivity contribution in [1.29, 1.82) is 5.26 Å². The van der Waals surface area contributed by atoms with Gasteiger partial charge in [-0.1, -0.05) is 22.0 Å². The summed E-state index contributed by atoms with van der Waals surface area (Å²) >= 11 is 4.86. The van der Waals surface area contributed by atoms with Gasteiger partial charge in [0, 0.05) is 27.1 Å². The lowest BCUT2D eigenvalue weighted by atomic mass is 10.2. The van der Waals surface area contributed by atoms with Crippen LogP contribution in [0.25, 0.3) is 10.1 Å². The summed E-state index contributed by atoms with van der Waals surface area (Å²) in [6.45, 7) is 0.484. The van der Waals surface area contributed by atoms with E-state index in [1.807, 2.05) is 18.2 Å². The number of nitrogen functional groups attached to an aromatic ring is 1. The minimum absolute atomic E-state index is 0.0393. The normalized spacial score (nSPS) is 14.1. The molecule has 0 unspecified atom stereocenters. The molecule has 3 rings (SSSR count). The third-order valence-corrected chi connectivity index (χ3v) is 5.25. The smallest absolute Gasteiger partial charge is 0.266 e. The number of anilines is 1. The van der Waals surface area contributed by atoms with Crippen molar-refractivity contribution in [2.75, 3.05) is 12.3 Å². The van der Waals surface area contributed by atoms with Crippen molar-refractivity contribution < 1.29 is 4.79 Å². The molecule has 1 aromatic heterocycles. The van der Waals surface area contributed by atoms with Crippen molar-refractivity contribution in [3.63, 3.8) is 0 Å². The highest BCUT2D eigenvalue weighted by Gasteiger charge is 2.34. The zero-order chi connectivity index (χ0) is 15.0. The summed E-state index contributed by atoms with van der Waals surface area (Å²) in [5, 5.41) is 9.67. The highest BCUT2D eigenvalue weighted by atomic mass is 79.9. The first-order valence-corrected chi connectivity index (χ1v) is 8.38. The van der Waals surface area contributed by atoms with Gasteiger partial charge >= 0.3 is 0 Å². The average Bonchev–Trinajstić information content (AvgIpc) is 3.24. The van der Waals surface area contributed by atoms with Gasteiger partial charge in [-0.05, 0) is 25.0 Å². The maximum atomic E-state index is 12.7. The number of benzene rings is 1. The number of nitriles is 1. The Morgan fingerprint density at radius 2 is 2.29 bits per heavy atom. The fourth-order valence-corrected chi connectivity index (χ4v) is 4.02. The van der Waals surface area contributed by atoms with E-state index in [0.717, 1.165) is 27.4 Å². The lowest BCUT2D eigenvalue weighted by Gasteiger charge is -2.20. The van der Waals surface area contributed by atoms with Crippen molar-refractivity contribution >= 4 is 48.9 Å². The van der Waals surface area contributed by atoms with E-state index < -0.39 is 0 Å². The molecule has 0 radical (unpaired) electrons. The van der Waals surface area contributed by atoms with Gasteiger partial charge in [0.15, 0.2) is 0 Å². The van der Waals surface area contributed by atoms with Crippen LogP contribution in [0.5, 0.6) is 0 Å². The number of carbonyl (C=O) groups excluding carboxylic acids is 1. The number of nitrogens with zero attached hydrogens (tertiary/aromatic N) is 2. The molecule has 108 valence electrons. The van der Waals surface area contributed by atoms with Crippen LogP contribution in [-0.2, 0) is 0 Å². The Morgan fingerprint density at radius 1 is 1.52 bits per heavy atom. The van der Waals surface area contributed by atoms with Crippen molar-refractivity contribution in [3.05, 3.63) is 27.5 Å². The van der Waals surface area contributed by atoms with Gasteiger partial charge in [0.2, 0.25) is 0 Å². The molecule has 2 N–H and O–H groups in total. The van der Waals surface area contributed by atoms with Crippen molar-refractivity contribution in [2.24, 2.45) is 0 Å². The van der Waals surface area contributed by atoms with Gasteiger partial charge in [0.05, 0.1) is 18.2 Å². The Morgan fingerprint density at radius 3 is 2.95 bits per heavy atom. The molecular weight excluding hydrogens is 350 g/mol. The number of hydrogen-bond acceptors (Lipinski definition) is 4. The Balaban J connectivity index is 1.96. The maximum Gasteiger partial charge on any atom is 0.266 e. The number of carbonyl (C=O) groups is 1. The number of hydrogen-bond donors (Lipinski definition) is 1. The molecule has 0 spiro atoms. The van der Waals surface area contributed by atoms with Gasteiger partial charge in [-0.15, -0.1) is 11.3 Å². The van der Waals surface area contributed by atoms with Gasteiger partial charge in [0.25, 0.3) is 5.91 Å². The van der Waals surface area contributed by atoms with Gasteiger partial charge in [-0.3, -0.25) is 4.79 Å². The summed E-state index contributed by atoms with van der Waals surface area (Å²) in [4.78, 5) is 15.1. The zero-order valence-electron chi connectivity index (χ0n) is 11.3. The van der Waals surface area contributed by atoms with E-state index in [4.69, 9.17) is 11.0 Å². The molecule has 1 heterocycles. The molecule has 0 saturated heterocycles. The fourth-order valence-electron chi connectivity index (χ4n) is 2.39. The monoisotopic (exact) mass is 363 g/mol. The average molecular weight is 364 g/mol. The lowest BCUT2D eigenvalue weighted by molar-refractivity contribution is 0.0753. The van der Waals surface area contributed by atoms with E-state index in [1.54, 1.807) is 4.90 Å². The van der Waals surface area contributed by atoms with Crippen LogP contribution >= 0.6 is 27.3 Å². The molecule has 6 heteroatoms. The number of halogens is 1. The number of nitrogens with two attached hydrogens (primary N) is 1. The molecular formula is C15H14BrN3OS. The molecule has 1 aliphatic carbocycles. The van der Waals surface area contributed by atoms with Crippen LogP contribution in [0, 0.1) is 11.3 Å². The third-order valence-electron chi connectivity index (χ3n) is 3.60. The summed E-state index contributed by atoms with van der Waals surface area (Å²) in [6, 6.07) is 8.22. The fraction of sp³-hybridized carbons (Fsp3) is 0.333. The summed E-state index contributed by atoms with van der Waals surface area (Å²) in [6.07, 6.45) is 2.40. The number of thiophene rings is 1. The highest BCUT2D eigenvalue weighted by molar-refractivity contribution is 9.10. The molecule has 1 saturated carbocycles. The van der Waals surface area contributed by atoms with E-state index in [1.165, 1.54) is 11.3 Å². The maximum absolute atomic E-state index is 12.7. The SMILES string of the molecule is N#CCCN(C(=O)c1sc2cc(Br)ccc2c1N)C1CC1. The second-order valence-electron chi connectivity index (χ2n) is 5.12. The first-order chi connectivity index (χ1) is 10.1. The first kappa shape index (κ1) is 14.4. The molecule has 1 aromatic carbocycles. The quantitative estimate of drug-likeness (QED) is 0.898.